The van der Waals surface area contributed by atoms with Crippen LogP contribution in [0.2, 0.25) is 0 Å². The molecule has 9 atom stereocenters. The summed E-state index contributed by atoms with van der Waals surface area (Å²) >= 11 is 31.1. The summed E-state index contributed by atoms with van der Waals surface area (Å²) in [4.78, 5) is 76.8. The number of carbonyl (C=O) groups excluding carboxylic acids is 4. The molecule has 9 rings (SSSR count). The number of carbonyl (C=O) groups is 5. The molecule has 3 aliphatic carbocycles. The van der Waals surface area contributed by atoms with E-state index in [4.69, 9.17) is 31.9 Å². The number of pyridine rings is 3. The second-order valence-electron chi connectivity index (χ2n) is 20.6. The van der Waals surface area contributed by atoms with E-state index in [1.807, 2.05) is 77.9 Å². The number of rotatable bonds is 6. The van der Waals surface area contributed by atoms with E-state index in [1.54, 1.807) is 56.0 Å². The van der Waals surface area contributed by atoms with Crippen molar-refractivity contribution in [2.45, 2.75) is 141 Å². The lowest BCUT2D eigenvalue weighted by Crippen LogP contribution is -2.47. The third kappa shape index (κ3) is 25.1. The van der Waals surface area contributed by atoms with Crippen molar-refractivity contribution in [3.8, 4) is 0 Å². The highest BCUT2D eigenvalue weighted by Gasteiger charge is 2.58. The van der Waals surface area contributed by atoms with E-state index in [0.717, 1.165) is 54.0 Å². The summed E-state index contributed by atoms with van der Waals surface area (Å²) < 4.78 is 12.8. The lowest BCUT2D eigenvalue weighted by molar-refractivity contribution is -0.142. The molecule has 3 saturated heterocycles. The number of fused-ring (bicyclic) bond motifs is 3. The van der Waals surface area contributed by atoms with Crippen molar-refractivity contribution in [3.63, 3.8) is 0 Å². The quantitative estimate of drug-likeness (QED) is 0.114. The first-order chi connectivity index (χ1) is 35.5. The molecule has 29 heteroatoms. The van der Waals surface area contributed by atoms with Gasteiger partial charge in [0.2, 0.25) is 11.8 Å². The van der Waals surface area contributed by atoms with Crippen LogP contribution in [0.25, 0.3) is 0 Å². The van der Waals surface area contributed by atoms with Crippen LogP contribution in [0.3, 0.4) is 0 Å². The Labute approximate surface area is 523 Å². The van der Waals surface area contributed by atoms with Gasteiger partial charge < -0.3 is 41.2 Å². The molecule has 434 valence electrons. The molecule has 3 aromatic rings. The molecule has 0 spiro atoms. The number of ether oxygens (including phenoxy) is 2. The predicted molar refractivity (Wildman–Crippen MR) is 338 cm³/mol. The number of carboxylic acids is 1. The summed E-state index contributed by atoms with van der Waals surface area (Å²) in [6.07, 6.45) is 4.42. The van der Waals surface area contributed by atoms with Gasteiger partial charge in [-0.2, -0.15) is 13.5 Å². The van der Waals surface area contributed by atoms with Crippen LogP contribution in [0.4, 0.5) is 27.0 Å². The van der Waals surface area contributed by atoms with Crippen LogP contribution in [0.15, 0.2) is 79.1 Å². The Bertz CT molecular complexity index is 2560. The number of nitrogen functional groups attached to an aromatic ring is 1. The first kappa shape index (κ1) is 73.2. The number of likely N-dealkylation sites (tertiary alicyclic amines) is 2. The van der Waals surface area contributed by atoms with Crippen LogP contribution in [-0.4, -0.2) is 126 Å². The number of aromatic nitrogens is 3. The monoisotopic (exact) mass is 1420 g/mol. The molecule has 0 bridgehead atoms. The van der Waals surface area contributed by atoms with Crippen molar-refractivity contribution in [2.75, 3.05) is 30.5 Å². The fourth-order valence-electron chi connectivity index (χ4n) is 8.30. The number of amides is 4. The zero-order valence-corrected chi connectivity index (χ0v) is 56.1. The minimum Gasteiger partial charge on any atom is -0.480 e. The Balaban J connectivity index is 0.000000497. The molecule has 6 N–H and O–H groups in total. The van der Waals surface area contributed by atoms with Crippen molar-refractivity contribution < 1.29 is 38.6 Å². The van der Waals surface area contributed by atoms with Crippen molar-refractivity contribution in [2.24, 2.45) is 17.8 Å². The summed E-state index contributed by atoms with van der Waals surface area (Å²) in [5.41, 5.74) is 5.32. The highest BCUT2D eigenvalue weighted by molar-refractivity contribution is 9.11. The van der Waals surface area contributed by atoms with Gasteiger partial charge >= 0.3 is 18.2 Å². The van der Waals surface area contributed by atoms with Crippen LogP contribution in [0.5, 0.6) is 0 Å². The summed E-state index contributed by atoms with van der Waals surface area (Å²) in [6, 6.07) is 15.8. The minimum absolute atomic E-state index is 0. The lowest BCUT2D eigenvalue weighted by Gasteiger charge is -2.29. The third-order valence-electron chi connectivity index (χ3n) is 11.7. The number of nitrogens with two attached hydrogens (primary N) is 1. The fraction of sp³-hybridized carbons (Fsp3) is 0.551. The van der Waals surface area contributed by atoms with Crippen LogP contribution in [0.1, 0.15) is 93.9 Å². The number of hydrogen-bond donors (Lipinski definition) is 5. The number of anilines is 3. The van der Waals surface area contributed by atoms with E-state index < -0.39 is 41.4 Å². The number of nitrogens with zero attached hydrogens (tertiary/aromatic N) is 6. The van der Waals surface area contributed by atoms with E-state index >= 15 is 0 Å². The average Bonchev–Trinajstić information content (AvgIpc) is 4.28. The number of allylic oxidation sites excluding steroid dienone is 1. The number of hydrogen-bond acceptors (Lipinski definition) is 17. The van der Waals surface area contributed by atoms with Gasteiger partial charge in [0.05, 0.1) is 6.04 Å². The molecule has 0 unspecified atom stereocenters. The van der Waals surface area contributed by atoms with E-state index in [0.29, 0.717) is 52.8 Å². The maximum absolute atomic E-state index is 12.6. The zero-order valence-electron chi connectivity index (χ0n) is 44.7. The number of nitrogens with one attached hydrogen (secondary N) is 3. The van der Waals surface area contributed by atoms with Gasteiger partial charge in [0.25, 0.3) is 0 Å². The van der Waals surface area contributed by atoms with Crippen LogP contribution in [0, 0.1) is 17.8 Å². The number of halogens is 5. The Morgan fingerprint density at radius 3 is 1.46 bits per heavy atom. The van der Waals surface area contributed by atoms with Gasteiger partial charge in [-0.1, -0.05) is 29.8 Å². The fourth-order valence-corrected chi connectivity index (χ4v) is 9.34. The number of aliphatic carboxylic acids is 1. The Kier molecular flexibility index (Phi) is 31.8. The predicted octanol–water partition coefficient (Wildman–Crippen LogP) is 10.2. The molecule has 6 fully saturated rings. The van der Waals surface area contributed by atoms with Crippen LogP contribution < -0.4 is 21.7 Å². The van der Waals surface area contributed by atoms with Gasteiger partial charge in [0, 0.05) is 85.9 Å². The molecule has 3 saturated carbocycles. The van der Waals surface area contributed by atoms with Crippen molar-refractivity contribution >= 4 is 186 Å². The van der Waals surface area contributed by atoms with E-state index in [-0.39, 0.29) is 55.8 Å². The summed E-state index contributed by atoms with van der Waals surface area (Å²) in [6.45, 7) is 14.8. The van der Waals surface area contributed by atoms with Gasteiger partial charge in [0.1, 0.15) is 59.7 Å². The molecular formula is C49H69Br3Cl2N10O8S6. The zero-order chi connectivity index (χ0) is 57.4. The molecule has 78 heavy (non-hydrogen) atoms. The van der Waals surface area contributed by atoms with E-state index in [1.165, 1.54) is 11.3 Å². The highest BCUT2D eigenvalue weighted by atomic mass is 79.9. The molecule has 3 aromatic heterocycles. The third-order valence-corrected chi connectivity index (χ3v) is 13.7. The van der Waals surface area contributed by atoms with Crippen molar-refractivity contribution in [3.05, 3.63) is 79.1 Å². The standard InChI is InChI=1S/C16H20BrN3O3.C11H12BrN3O.C11H17NO4.C6H12ClN.C5H5BrN2.ClH.S3.S2.H2S/c1-16(2,3)23-15(22)20-10-7-9(10)8-11(20)14(21)19-13-6-4-5-12(17)18-13;12-9-2-1-3-10(14-9)15-11(16)8-5-6-4-7(6)13-8;1-11(2,3)16-10(15)12-7-4-6(7)5-8(12)9(13)14;1-5(2)6(7)8(3)4;6-4-2-1-3-5(7)8-4;;1-3-2;1-2;/h4-6,9-11H,7-8H2,1-3H3,(H,18,19,21);1-3,6-8,13H,4-5H2,(H,14,15,16);6-8H,4-5H2,1-3H3,(H,13,14);1-4H3;1-3H,(H2,7,8);1H;;;1H2/t9-,10-,11+;2*6-,7-,8+;;;;;;/m111....../s1. The molecule has 6 aliphatic rings. The SMILES string of the molecule is CC(C)(C)OC(=O)N1[C@@H]2C[C@@H]2C[C@H]1C(=O)Nc1cccc(Br)n1.CC(C)(C)OC(=O)N1[C@@H]2C[C@@H]2C[C@H]1C(=O)O.CC(C)=C(Cl)N(C)C.Cl.Nc1cccc(Br)n1.O=C(Nc1cccc(Br)n1)[C@@H]1C[C@H]2C[C@H]2N1.S.S=S.S=S=S. The molecule has 0 radical (unpaired) electrons. The topological polar surface area (TPSA) is 235 Å². The van der Waals surface area contributed by atoms with Gasteiger partial charge in [-0.15, -0.1) is 12.4 Å². The van der Waals surface area contributed by atoms with Crippen LogP contribution in [-0.2, 0) is 77.5 Å². The average molecular weight is 1430 g/mol. The second-order valence-corrected chi connectivity index (χ2v) is 25.2. The Hall–Kier alpha value is -2.83. The second kappa shape index (κ2) is 33.9. The van der Waals surface area contributed by atoms with E-state index in [9.17, 15) is 24.0 Å². The van der Waals surface area contributed by atoms with E-state index in [2.05, 4.69) is 123 Å². The first-order valence-corrected chi connectivity index (χ1v) is 30.6. The van der Waals surface area contributed by atoms with Crippen LogP contribution >= 0.6 is 85.3 Å². The maximum atomic E-state index is 12.6. The minimum atomic E-state index is -0.932. The molecule has 6 heterocycles. The molecule has 4 amide bonds. The lowest BCUT2D eigenvalue weighted by atomic mass is 10.1. The highest BCUT2D eigenvalue weighted by Crippen LogP contribution is 2.49. The number of carboxylic acid groups (broad SMARTS) is 1. The molecule has 0 aromatic carbocycles. The Morgan fingerprint density at radius 2 is 1.13 bits per heavy atom. The normalized spacial score (nSPS) is 22.6. The Morgan fingerprint density at radius 1 is 0.718 bits per heavy atom. The van der Waals surface area contributed by atoms with Gasteiger partial charge in [-0.05, 0) is 201 Å². The summed E-state index contributed by atoms with van der Waals surface area (Å²) in [5, 5.41) is 18.8. The molecular weight excluding hydrogens is 1360 g/mol. The van der Waals surface area contributed by atoms with Gasteiger partial charge in [0.15, 0.2) is 0 Å². The summed E-state index contributed by atoms with van der Waals surface area (Å²) in [7, 11) is 4.77. The molecule has 3 aliphatic heterocycles. The number of piperidine rings is 3. The molecule has 18 nitrogen and oxygen atoms in total. The summed E-state index contributed by atoms with van der Waals surface area (Å²) in [5.74, 6) is 1.99. The first-order valence-electron chi connectivity index (χ1n) is 23.9. The van der Waals surface area contributed by atoms with Crippen molar-refractivity contribution in [1.82, 2.24) is 35.0 Å². The van der Waals surface area contributed by atoms with Gasteiger partial charge in [-0.3, -0.25) is 19.4 Å². The van der Waals surface area contributed by atoms with Gasteiger partial charge in [-0.25, -0.2) is 29.3 Å². The van der Waals surface area contributed by atoms with Crippen molar-refractivity contribution in [1.29, 1.82) is 0 Å². The smallest absolute Gasteiger partial charge is 0.411 e. The largest absolute Gasteiger partial charge is 0.480 e. The maximum Gasteiger partial charge on any atom is 0.411 e.